The van der Waals surface area contributed by atoms with E-state index in [0.717, 1.165) is 41.5 Å². The van der Waals surface area contributed by atoms with Gasteiger partial charge in [0.15, 0.2) is 5.79 Å². The highest BCUT2D eigenvalue weighted by Gasteiger charge is 2.41. The fourth-order valence-electron chi connectivity index (χ4n) is 3.03. The van der Waals surface area contributed by atoms with E-state index >= 15 is 0 Å². The Morgan fingerprint density at radius 3 is 2.62 bits per heavy atom. The first-order valence-corrected chi connectivity index (χ1v) is 9.09. The van der Waals surface area contributed by atoms with Crippen LogP contribution in [0.15, 0.2) is 15.5 Å². The summed E-state index contributed by atoms with van der Waals surface area (Å²) in [7, 11) is 3.87. The van der Waals surface area contributed by atoms with Gasteiger partial charge in [-0.3, -0.25) is 0 Å². The quantitative estimate of drug-likeness (QED) is 0.575. The van der Waals surface area contributed by atoms with Crippen LogP contribution in [0.2, 0.25) is 0 Å². The number of hydrogen-bond acceptors (Lipinski definition) is 5. The first kappa shape index (κ1) is 17.6. The number of halogens is 1. The summed E-state index contributed by atoms with van der Waals surface area (Å²) in [6.07, 6.45) is 5.47. The van der Waals surface area contributed by atoms with E-state index in [-0.39, 0.29) is 11.9 Å². The molecule has 0 bridgehead atoms. The lowest BCUT2D eigenvalue weighted by atomic mass is 9.92. The molecule has 3 rings (SSSR count). The van der Waals surface area contributed by atoms with Gasteiger partial charge in [0.05, 0.1) is 35.4 Å². The molecule has 6 nitrogen and oxygen atoms in total. The Balaban J connectivity index is 1.64. The Hall–Kier alpha value is -1.18. The molecular formula is C17H24BrN3O3. The van der Waals surface area contributed by atoms with Gasteiger partial charge in [0, 0.05) is 26.9 Å². The van der Waals surface area contributed by atoms with E-state index in [1.54, 1.807) is 6.34 Å². The van der Waals surface area contributed by atoms with Gasteiger partial charge in [-0.2, -0.15) is 0 Å². The normalized spacial score (nSPS) is 20.8. The predicted octanol–water partition coefficient (Wildman–Crippen LogP) is 3.44. The van der Waals surface area contributed by atoms with Crippen LogP contribution < -0.4 is 4.74 Å². The Labute approximate surface area is 151 Å². The number of pyridine rings is 1. The molecule has 0 atom stereocenters. The van der Waals surface area contributed by atoms with Gasteiger partial charge in [0.1, 0.15) is 6.10 Å². The van der Waals surface area contributed by atoms with Crippen LogP contribution >= 0.6 is 15.9 Å². The van der Waals surface area contributed by atoms with Gasteiger partial charge in [-0.25, -0.2) is 9.98 Å². The lowest BCUT2D eigenvalue weighted by Gasteiger charge is -2.35. The van der Waals surface area contributed by atoms with Gasteiger partial charge < -0.3 is 19.1 Å². The molecule has 1 spiro atoms. The SMILES string of the molecule is Cc1nc(OC2CCC3(CC2)OCCO3)c(Br)cc1N=CN(C)C. The third kappa shape index (κ3) is 4.07. The van der Waals surface area contributed by atoms with Crippen LogP contribution in [0.4, 0.5) is 5.69 Å². The number of aromatic nitrogens is 1. The minimum Gasteiger partial charge on any atom is -0.474 e. The van der Waals surface area contributed by atoms with Crippen LogP contribution in [0.1, 0.15) is 31.4 Å². The molecule has 2 aliphatic rings. The molecule has 2 fully saturated rings. The molecule has 0 N–H and O–H groups in total. The average Bonchev–Trinajstić information content (AvgIpc) is 3.00. The van der Waals surface area contributed by atoms with Crippen LogP contribution in [0.25, 0.3) is 0 Å². The van der Waals surface area contributed by atoms with Crippen LogP contribution in [0, 0.1) is 6.92 Å². The van der Waals surface area contributed by atoms with Gasteiger partial charge in [0.25, 0.3) is 0 Å². The zero-order valence-corrected chi connectivity index (χ0v) is 16.0. The van der Waals surface area contributed by atoms with Gasteiger partial charge >= 0.3 is 0 Å². The maximum absolute atomic E-state index is 6.12. The average molecular weight is 398 g/mol. The number of aryl methyl sites for hydroxylation is 1. The molecule has 1 saturated carbocycles. The van der Waals surface area contributed by atoms with E-state index in [2.05, 4.69) is 25.9 Å². The van der Waals surface area contributed by atoms with Gasteiger partial charge in [-0.1, -0.05) is 0 Å². The predicted molar refractivity (Wildman–Crippen MR) is 96.0 cm³/mol. The number of hydrogen-bond donors (Lipinski definition) is 0. The van der Waals surface area contributed by atoms with Gasteiger partial charge in [-0.15, -0.1) is 0 Å². The molecule has 7 heteroatoms. The zero-order valence-electron chi connectivity index (χ0n) is 14.4. The van der Waals surface area contributed by atoms with Crippen molar-refractivity contribution in [2.24, 2.45) is 4.99 Å². The van der Waals surface area contributed by atoms with Crippen molar-refractivity contribution in [1.82, 2.24) is 9.88 Å². The standard InChI is InChI=1S/C17H24BrN3O3/c1-12-15(19-11-21(2)3)10-14(18)16(20-12)24-13-4-6-17(7-5-13)22-8-9-23-17/h10-11,13H,4-9H2,1-3H3. The van der Waals surface area contributed by atoms with Gasteiger partial charge in [0.2, 0.25) is 5.88 Å². The van der Waals surface area contributed by atoms with Crippen LogP contribution in [0.3, 0.4) is 0 Å². The summed E-state index contributed by atoms with van der Waals surface area (Å²) >= 11 is 3.55. The summed E-state index contributed by atoms with van der Waals surface area (Å²) in [6, 6.07) is 1.95. The van der Waals surface area contributed by atoms with Crippen LogP contribution in [-0.2, 0) is 9.47 Å². The highest BCUT2D eigenvalue weighted by Crippen LogP contribution is 2.38. The molecule has 0 radical (unpaired) electrons. The van der Waals surface area contributed by atoms with Crippen molar-refractivity contribution in [2.45, 2.75) is 44.5 Å². The molecular weight excluding hydrogens is 374 g/mol. The number of aliphatic imine (C=N–C) groups is 1. The molecule has 0 unspecified atom stereocenters. The molecule has 1 saturated heterocycles. The first-order valence-electron chi connectivity index (χ1n) is 8.30. The molecule has 24 heavy (non-hydrogen) atoms. The fourth-order valence-corrected chi connectivity index (χ4v) is 3.43. The molecule has 1 aromatic rings. The summed E-state index contributed by atoms with van der Waals surface area (Å²) in [5.41, 5.74) is 1.68. The lowest BCUT2D eigenvalue weighted by molar-refractivity contribution is -0.186. The largest absolute Gasteiger partial charge is 0.474 e. The second kappa shape index (κ2) is 7.37. The summed E-state index contributed by atoms with van der Waals surface area (Å²) in [4.78, 5) is 10.9. The Bertz CT molecular complexity index is 605. The molecule has 2 heterocycles. The topological polar surface area (TPSA) is 56.2 Å². The van der Waals surface area contributed by atoms with E-state index in [1.165, 1.54) is 0 Å². The highest BCUT2D eigenvalue weighted by molar-refractivity contribution is 9.10. The molecule has 1 aliphatic heterocycles. The summed E-state index contributed by atoms with van der Waals surface area (Å²) < 4.78 is 18.5. The van der Waals surface area contributed by atoms with E-state index < -0.39 is 0 Å². The summed E-state index contributed by atoms with van der Waals surface area (Å²) in [5.74, 6) is 0.274. The van der Waals surface area contributed by atoms with Crippen molar-refractivity contribution in [3.05, 3.63) is 16.2 Å². The minimum absolute atomic E-state index is 0.141. The van der Waals surface area contributed by atoms with E-state index in [1.807, 2.05) is 32.0 Å². The maximum atomic E-state index is 6.12. The number of nitrogens with zero attached hydrogens (tertiary/aromatic N) is 3. The van der Waals surface area contributed by atoms with Gasteiger partial charge in [-0.05, 0) is 41.8 Å². The zero-order chi connectivity index (χ0) is 17.2. The molecule has 0 aromatic carbocycles. The third-order valence-corrected chi connectivity index (χ3v) is 4.89. The monoisotopic (exact) mass is 397 g/mol. The lowest BCUT2D eigenvalue weighted by Crippen LogP contribution is -2.38. The molecule has 1 aromatic heterocycles. The second-order valence-corrected chi connectivity index (χ2v) is 7.37. The van der Waals surface area contributed by atoms with E-state index in [9.17, 15) is 0 Å². The van der Waals surface area contributed by atoms with Crippen molar-refractivity contribution in [2.75, 3.05) is 27.3 Å². The first-order chi connectivity index (χ1) is 11.5. The number of ether oxygens (including phenoxy) is 3. The fraction of sp³-hybridized carbons (Fsp3) is 0.647. The highest BCUT2D eigenvalue weighted by atomic mass is 79.9. The number of rotatable bonds is 4. The molecule has 1 aliphatic carbocycles. The second-order valence-electron chi connectivity index (χ2n) is 6.51. The molecule has 0 amide bonds. The maximum Gasteiger partial charge on any atom is 0.228 e. The Morgan fingerprint density at radius 2 is 2.00 bits per heavy atom. The van der Waals surface area contributed by atoms with Crippen molar-refractivity contribution in [3.8, 4) is 5.88 Å². The van der Waals surface area contributed by atoms with Crippen molar-refractivity contribution in [3.63, 3.8) is 0 Å². The van der Waals surface area contributed by atoms with E-state index in [0.29, 0.717) is 19.1 Å². The van der Waals surface area contributed by atoms with Crippen molar-refractivity contribution in [1.29, 1.82) is 0 Å². The molecule has 132 valence electrons. The van der Waals surface area contributed by atoms with E-state index in [4.69, 9.17) is 14.2 Å². The van der Waals surface area contributed by atoms with Crippen LogP contribution in [-0.4, -0.2) is 55.4 Å². The van der Waals surface area contributed by atoms with Crippen LogP contribution in [0.5, 0.6) is 5.88 Å². The minimum atomic E-state index is -0.356. The van der Waals surface area contributed by atoms with Crippen molar-refractivity contribution >= 4 is 28.0 Å². The smallest absolute Gasteiger partial charge is 0.228 e. The summed E-state index contributed by atoms with van der Waals surface area (Å²) in [6.45, 7) is 3.34. The van der Waals surface area contributed by atoms with Crippen molar-refractivity contribution < 1.29 is 14.2 Å². The Morgan fingerprint density at radius 1 is 1.33 bits per heavy atom. The Kier molecular flexibility index (Phi) is 5.42. The summed E-state index contributed by atoms with van der Waals surface area (Å²) in [5, 5.41) is 0. The third-order valence-electron chi connectivity index (χ3n) is 4.32.